The van der Waals surface area contributed by atoms with Gasteiger partial charge in [0.1, 0.15) is 6.23 Å². The van der Waals surface area contributed by atoms with Gasteiger partial charge < -0.3 is 10.4 Å². The van der Waals surface area contributed by atoms with Crippen LogP contribution in [-0.4, -0.2) is 26.8 Å². The Bertz CT molecular complexity index is 429. The van der Waals surface area contributed by atoms with Crippen molar-refractivity contribution in [3.05, 3.63) is 24.3 Å². The summed E-state index contributed by atoms with van der Waals surface area (Å²) in [6.07, 6.45) is -0.725. The lowest BCUT2D eigenvalue weighted by Crippen LogP contribution is -2.19. The first-order chi connectivity index (χ1) is 6.95. The van der Waals surface area contributed by atoms with Crippen LogP contribution in [0.15, 0.2) is 29.2 Å². The van der Waals surface area contributed by atoms with E-state index in [4.69, 9.17) is 5.11 Å². The van der Waals surface area contributed by atoms with Crippen LogP contribution in [0.2, 0.25) is 0 Å². The van der Waals surface area contributed by atoms with Gasteiger partial charge in [-0.15, -0.1) is 0 Å². The van der Waals surface area contributed by atoms with Crippen molar-refractivity contribution in [2.45, 2.75) is 18.0 Å². The predicted molar refractivity (Wildman–Crippen MR) is 58.0 cm³/mol. The highest BCUT2D eigenvalue weighted by Crippen LogP contribution is 2.15. The Labute approximate surface area is 89.2 Å². The van der Waals surface area contributed by atoms with Gasteiger partial charge in [-0.2, -0.15) is 0 Å². The molecule has 84 valence electrons. The number of anilines is 1. The van der Waals surface area contributed by atoms with Crippen molar-refractivity contribution in [3.8, 4) is 0 Å². The Kier molecular flexibility index (Phi) is 3.67. The first-order valence-corrected chi connectivity index (χ1v) is 5.92. The zero-order chi connectivity index (χ0) is 11.5. The van der Waals surface area contributed by atoms with E-state index >= 15 is 0 Å². The van der Waals surface area contributed by atoms with Crippen LogP contribution in [0, 0.1) is 0 Å². The van der Waals surface area contributed by atoms with Crippen LogP contribution in [0.3, 0.4) is 0 Å². The molecule has 3 N–H and O–H groups in total. The highest BCUT2D eigenvalue weighted by molar-refractivity contribution is 7.89. The average Bonchev–Trinajstić information content (AvgIpc) is 2.17. The quantitative estimate of drug-likeness (QED) is 0.652. The molecule has 0 aliphatic rings. The van der Waals surface area contributed by atoms with Gasteiger partial charge in [0.05, 0.1) is 4.90 Å². The van der Waals surface area contributed by atoms with E-state index < -0.39 is 16.3 Å². The molecule has 1 aromatic rings. The molecule has 5 nitrogen and oxygen atoms in total. The fourth-order valence-corrected chi connectivity index (χ4v) is 1.89. The zero-order valence-electron chi connectivity index (χ0n) is 8.56. The highest BCUT2D eigenvalue weighted by atomic mass is 32.2. The molecule has 0 saturated heterocycles. The number of sulfonamides is 1. The summed E-state index contributed by atoms with van der Waals surface area (Å²) in [5, 5.41) is 11.8. The van der Waals surface area contributed by atoms with Gasteiger partial charge in [-0.1, -0.05) is 6.07 Å². The molecule has 0 heterocycles. The Morgan fingerprint density at radius 2 is 2.07 bits per heavy atom. The molecule has 0 spiro atoms. The lowest BCUT2D eigenvalue weighted by Gasteiger charge is -2.10. The van der Waals surface area contributed by atoms with Crippen LogP contribution < -0.4 is 10.0 Å². The van der Waals surface area contributed by atoms with Crippen LogP contribution in [-0.2, 0) is 10.0 Å². The SMILES string of the molecule is CNS(=O)(=O)c1cccc(NC(C)O)c1. The maximum Gasteiger partial charge on any atom is 0.240 e. The minimum atomic E-state index is -3.43. The fourth-order valence-electron chi connectivity index (χ4n) is 1.11. The topological polar surface area (TPSA) is 78.4 Å². The van der Waals surface area contributed by atoms with E-state index in [1.54, 1.807) is 19.1 Å². The van der Waals surface area contributed by atoms with Crippen LogP contribution in [0.25, 0.3) is 0 Å². The second kappa shape index (κ2) is 4.61. The van der Waals surface area contributed by atoms with E-state index in [1.165, 1.54) is 19.2 Å². The molecule has 0 aliphatic heterocycles. The zero-order valence-corrected chi connectivity index (χ0v) is 9.38. The monoisotopic (exact) mass is 230 g/mol. The van der Waals surface area contributed by atoms with Gasteiger partial charge in [-0.05, 0) is 32.2 Å². The highest BCUT2D eigenvalue weighted by Gasteiger charge is 2.11. The summed E-state index contributed by atoms with van der Waals surface area (Å²) >= 11 is 0. The van der Waals surface area contributed by atoms with Gasteiger partial charge in [0.25, 0.3) is 0 Å². The molecule has 0 saturated carbocycles. The second-order valence-corrected chi connectivity index (χ2v) is 4.94. The molecule has 0 aromatic heterocycles. The molecule has 0 fully saturated rings. The smallest absolute Gasteiger partial charge is 0.240 e. The molecular formula is C9H14N2O3S. The third-order valence-corrected chi connectivity index (χ3v) is 3.20. The number of hydrogen-bond acceptors (Lipinski definition) is 4. The fraction of sp³-hybridized carbons (Fsp3) is 0.333. The normalized spacial score (nSPS) is 13.5. The van der Waals surface area contributed by atoms with E-state index in [1.807, 2.05) is 0 Å². The average molecular weight is 230 g/mol. The molecule has 1 unspecified atom stereocenters. The predicted octanol–water partition coefficient (Wildman–Crippen LogP) is 0.345. The van der Waals surface area contributed by atoms with E-state index in [9.17, 15) is 8.42 Å². The molecule has 1 atom stereocenters. The van der Waals surface area contributed by atoms with Gasteiger partial charge in [0, 0.05) is 5.69 Å². The van der Waals surface area contributed by atoms with Gasteiger partial charge in [-0.25, -0.2) is 13.1 Å². The summed E-state index contributed by atoms with van der Waals surface area (Å²) in [6, 6.07) is 6.23. The minimum Gasteiger partial charge on any atom is -0.374 e. The van der Waals surface area contributed by atoms with E-state index in [0.29, 0.717) is 5.69 Å². The molecule has 0 amide bonds. The van der Waals surface area contributed by atoms with Crippen molar-refractivity contribution in [1.29, 1.82) is 0 Å². The van der Waals surface area contributed by atoms with Crippen LogP contribution >= 0.6 is 0 Å². The third kappa shape index (κ3) is 3.19. The number of benzene rings is 1. The lowest BCUT2D eigenvalue weighted by atomic mass is 10.3. The van der Waals surface area contributed by atoms with Gasteiger partial charge >= 0.3 is 0 Å². The summed E-state index contributed by atoms with van der Waals surface area (Å²) in [4.78, 5) is 0.163. The van der Waals surface area contributed by atoms with Crippen LogP contribution in [0.4, 0.5) is 5.69 Å². The van der Waals surface area contributed by atoms with E-state index in [-0.39, 0.29) is 4.90 Å². The maximum atomic E-state index is 11.4. The molecule has 0 aliphatic carbocycles. The van der Waals surface area contributed by atoms with Crippen molar-refractivity contribution in [2.75, 3.05) is 12.4 Å². The third-order valence-electron chi connectivity index (χ3n) is 1.79. The van der Waals surface area contributed by atoms with Crippen molar-refractivity contribution in [3.63, 3.8) is 0 Å². The van der Waals surface area contributed by atoms with Gasteiger partial charge in [0.2, 0.25) is 10.0 Å². The first-order valence-electron chi connectivity index (χ1n) is 4.44. The van der Waals surface area contributed by atoms with Crippen molar-refractivity contribution >= 4 is 15.7 Å². The number of aliphatic hydroxyl groups excluding tert-OH is 1. The summed E-state index contributed by atoms with van der Waals surface area (Å²) < 4.78 is 25.1. The molecule has 0 radical (unpaired) electrons. The molecule has 6 heteroatoms. The lowest BCUT2D eigenvalue weighted by molar-refractivity contribution is 0.224. The number of nitrogens with one attached hydrogen (secondary N) is 2. The molecule has 1 rings (SSSR count). The maximum absolute atomic E-state index is 11.4. The summed E-state index contributed by atoms with van der Waals surface area (Å²) in [6.45, 7) is 1.55. The minimum absolute atomic E-state index is 0.163. The van der Waals surface area contributed by atoms with Crippen molar-refractivity contribution in [1.82, 2.24) is 4.72 Å². The molecular weight excluding hydrogens is 216 g/mol. The molecule has 15 heavy (non-hydrogen) atoms. The standard InChI is InChI=1S/C9H14N2O3S/c1-7(12)11-8-4-3-5-9(6-8)15(13,14)10-2/h3-7,10-12H,1-2H3. The van der Waals surface area contributed by atoms with Crippen LogP contribution in [0.1, 0.15) is 6.92 Å². The summed E-state index contributed by atoms with van der Waals surface area (Å²) in [5.41, 5.74) is 0.557. The molecule has 1 aromatic carbocycles. The Hall–Kier alpha value is -1.11. The number of rotatable bonds is 4. The summed E-state index contributed by atoms with van der Waals surface area (Å²) in [7, 11) is -2.08. The van der Waals surface area contributed by atoms with Crippen LogP contribution in [0.5, 0.6) is 0 Å². The van der Waals surface area contributed by atoms with Crippen molar-refractivity contribution in [2.24, 2.45) is 0 Å². The Balaban J connectivity index is 3.03. The van der Waals surface area contributed by atoms with E-state index in [0.717, 1.165) is 0 Å². The first kappa shape index (κ1) is 12.0. The Morgan fingerprint density at radius 3 is 2.60 bits per heavy atom. The Morgan fingerprint density at radius 1 is 1.40 bits per heavy atom. The summed E-state index contributed by atoms with van der Waals surface area (Å²) in [5.74, 6) is 0. The van der Waals surface area contributed by atoms with Gasteiger partial charge in [-0.3, -0.25) is 0 Å². The molecule has 0 bridgehead atoms. The van der Waals surface area contributed by atoms with E-state index in [2.05, 4.69) is 10.0 Å². The van der Waals surface area contributed by atoms with Crippen molar-refractivity contribution < 1.29 is 13.5 Å². The second-order valence-electron chi connectivity index (χ2n) is 3.06. The van der Waals surface area contributed by atoms with Gasteiger partial charge in [0.15, 0.2) is 0 Å². The number of hydrogen-bond donors (Lipinski definition) is 3. The number of aliphatic hydroxyl groups is 1. The largest absolute Gasteiger partial charge is 0.374 e.